The summed E-state index contributed by atoms with van der Waals surface area (Å²) in [5.74, 6) is -1.34. The first-order chi connectivity index (χ1) is 6.06. The van der Waals surface area contributed by atoms with Crippen LogP contribution in [0.15, 0.2) is 16.6 Å². The topological polar surface area (TPSA) is 43.1 Å². The van der Waals surface area contributed by atoms with E-state index in [0.29, 0.717) is 10.2 Å². The molecule has 0 aliphatic carbocycles. The third-order valence-electron chi connectivity index (χ3n) is 1.51. The molecule has 0 fully saturated rings. The van der Waals surface area contributed by atoms with Gasteiger partial charge >= 0.3 is 0 Å². The molecule has 0 saturated heterocycles. The third kappa shape index (κ3) is 2.19. The van der Waals surface area contributed by atoms with Crippen LogP contribution >= 0.6 is 27.5 Å². The smallest absolute Gasteiger partial charge is 0.180 e. The van der Waals surface area contributed by atoms with Crippen molar-refractivity contribution in [2.24, 2.45) is 0 Å². The van der Waals surface area contributed by atoms with Gasteiger partial charge in [0.25, 0.3) is 0 Å². The Morgan fingerprint density at radius 2 is 2.23 bits per heavy atom. The zero-order chi connectivity index (χ0) is 10.0. The van der Waals surface area contributed by atoms with Crippen molar-refractivity contribution in [2.75, 3.05) is 11.6 Å². The lowest BCUT2D eigenvalue weighted by atomic mass is 10.1. The van der Waals surface area contributed by atoms with Crippen LogP contribution in [0.1, 0.15) is 10.4 Å². The molecular formula is C8H6BrClFNO. The van der Waals surface area contributed by atoms with E-state index in [9.17, 15) is 9.18 Å². The summed E-state index contributed by atoms with van der Waals surface area (Å²) in [6.45, 7) is 0. The molecule has 1 aromatic carbocycles. The maximum atomic E-state index is 13.1. The molecular weight excluding hydrogens is 260 g/mol. The number of rotatable bonds is 2. The van der Waals surface area contributed by atoms with Crippen LogP contribution in [0.2, 0.25) is 0 Å². The van der Waals surface area contributed by atoms with E-state index in [2.05, 4.69) is 15.9 Å². The fourth-order valence-corrected chi connectivity index (χ4v) is 1.31. The van der Waals surface area contributed by atoms with Gasteiger partial charge in [-0.15, -0.1) is 11.6 Å². The van der Waals surface area contributed by atoms with Crippen molar-refractivity contribution in [3.8, 4) is 0 Å². The highest BCUT2D eigenvalue weighted by atomic mass is 79.9. The van der Waals surface area contributed by atoms with Crippen molar-refractivity contribution in [3.05, 3.63) is 28.0 Å². The summed E-state index contributed by atoms with van der Waals surface area (Å²) in [6, 6.07) is 2.42. The number of anilines is 1. The largest absolute Gasteiger partial charge is 0.398 e. The molecule has 0 aromatic heterocycles. The normalized spacial score (nSPS) is 10.1. The first-order valence-electron chi connectivity index (χ1n) is 3.40. The second-order valence-corrected chi connectivity index (χ2v) is 3.53. The Morgan fingerprint density at radius 3 is 2.77 bits per heavy atom. The minimum absolute atomic E-state index is 0.0734. The van der Waals surface area contributed by atoms with E-state index in [4.69, 9.17) is 17.3 Å². The highest BCUT2D eigenvalue weighted by Gasteiger charge is 2.12. The summed E-state index contributed by atoms with van der Waals surface area (Å²) in [4.78, 5) is 11.1. The predicted octanol–water partition coefficient (Wildman–Crippen LogP) is 2.59. The van der Waals surface area contributed by atoms with E-state index in [0.717, 1.165) is 6.07 Å². The minimum atomic E-state index is -0.619. The Balaban J connectivity index is 3.23. The van der Waals surface area contributed by atoms with Crippen LogP contribution in [0.5, 0.6) is 0 Å². The maximum Gasteiger partial charge on any atom is 0.180 e. The molecule has 0 radical (unpaired) electrons. The Hall–Kier alpha value is -0.610. The number of nitrogens with two attached hydrogens (primary N) is 1. The summed E-state index contributed by atoms with van der Waals surface area (Å²) in [5.41, 5.74) is 5.71. The van der Waals surface area contributed by atoms with Gasteiger partial charge < -0.3 is 5.73 Å². The first-order valence-corrected chi connectivity index (χ1v) is 4.72. The molecule has 0 amide bonds. The summed E-state index contributed by atoms with van der Waals surface area (Å²) in [7, 11) is 0. The van der Waals surface area contributed by atoms with Crippen LogP contribution in [0.3, 0.4) is 0 Å². The third-order valence-corrected chi connectivity index (χ3v) is 2.44. The number of halogens is 3. The lowest BCUT2D eigenvalue weighted by Crippen LogP contribution is -2.05. The second kappa shape index (κ2) is 4.07. The molecule has 0 aliphatic rings. The molecule has 0 heterocycles. The maximum absolute atomic E-state index is 13.1. The summed E-state index contributed by atoms with van der Waals surface area (Å²) in [6.07, 6.45) is 0. The van der Waals surface area contributed by atoms with Crippen molar-refractivity contribution < 1.29 is 9.18 Å². The SMILES string of the molecule is Nc1cc(C(=O)CCl)c(F)cc1Br. The molecule has 2 nitrogen and oxygen atoms in total. The number of hydrogen-bond acceptors (Lipinski definition) is 2. The van der Waals surface area contributed by atoms with E-state index in [-0.39, 0.29) is 11.4 Å². The average Bonchev–Trinajstić information content (AvgIpc) is 2.10. The molecule has 0 bridgehead atoms. The molecule has 1 aromatic rings. The highest BCUT2D eigenvalue weighted by Crippen LogP contribution is 2.23. The number of carbonyl (C=O) groups is 1. The summed E-state index contributed by atoms with van der Waals surface area (Å²) < 4.78 is 13.5. The van der Waals surface area contributed by atoms with Crippen molar-refractivity contribution in [1.29, 1.82) is 0 Å². The zero-order valence-corrected chi connectivity index (χ0v) is 8.82. The highest BCUT2D eigenvalue weighted by molar-refractivity contribution is 9.10. The van der Waals surface area contributed by atoms with Crippen LogP contribution in [0.25, 0.3) is 0 Å². The molecule has 2 N–H and O–H groups in total. The van der Waals surface area contributed by atoms with E-state index in [1.54, 1.807) is 0 Å². The molecule has 70 valence electrons. The van der Waals surface area contributed by atoms with E-state index < -0.39 is 11.6 Å². The molecule has 0 aliphatic heterocycles. The van der Waals surface area contributed by atoms with Crippen LogP contribution in [0, 0.1) is 5.82 Å². The van der Waals surface area contributed by atoms with Crippen molar-refractivity contribution in [2.45, 2.75) is 0 Å². The molecule has 0 unspecified atom stereocenters. The van der Waals surface area contributed by atoms with Crippen LogP contribution < -0.4 is 5.73 Å². The van der Waals surface area contributed by atoms with Gasteiger partial charge in [0.05, 0.1) is 11.4 Å². The lowest BCUT2D eigenvalue weighted by Gasteiger charge is -2.03. The van der Waals surface area contributed by atoms with Gasteiger partial charge in [-0.3, -0.25) is 4.79 Å². The quantitative estimate of drug-likeness (QED) is 0.508. The van der Waals surface area contributed by atoms with Gasteiger partial charge in [0.15, 0.2) is 5.78 Å². The van der Waals surface area contributed by atoms with Gasteiger partial charge in [-0.25, -0.2) is 4.39 Å². The first kappa shape index (κ1) is 10.5. The van der Waals surface area contributed by atoms with Crippen molar-refractivity contribution >= 4 is 39.0 Å². The molecule has 13 heavy (non-hydrogen) atoms. The lowest BCUT2D eigenvalue weighted by molar-refractivity contribution is 0.101. The van der Waals surface area contributed by atoms with Gasteiger partial charge in [0, 0.05) is 10.2 Å². The number of nitrogen functional groups attached to an aromatic ring is 1. The van der Waals surface area contributed by atoms with Gasteiger partial charge in [0.1, 0.15) is 5.82 Å². The Labute approximate surface area is 88.0 Å². The zero-order valence-electron chi connectivity index (χ0n) is 6.48. The van der Waals surface area contributed by atoms with E-state index >= 15 is 0 Å². The van der Waals surface area contributed by atoms with Gasteiger partial charge in [-0.05, 0) is 28.1 Å². The van der Waals surface area contributed by atoms with Gasteiger partial charge in [-0.1, -0.05) is 0 Å². The van der Waals surface area contributed by atoms with Crippen LogP contribution in [-0.2, 0) is 0 Å². The van der Waals surface area contributed by atoms with Crippen LogP contribution in [0.4, 0.5) is 10.1 Å². The summed E-state index contributed by atoms with van der Waals surface area (Å²) in [5, 5.41) is 0. The second-order valence-electron chi connectivity index (χ2n) is 2.41. The summed E-state index contributed by atoms with van der Waals surface area (Å²) >= 11 is 8.32. The minimum Gasteiger partial charge on any atom is -0.398 e. The monoisotopic (exact) mass is 265 g/mol. The number of benzene rings is 1. The van der Waals surface area contributed by atoms with Crippen molar-refractivity contribution in [1.82, 2.24) is 0 Å². The fourth-order valence-electron chi connectivity index (χ4n) is 0.851. The van der Waals surface area contributed by atoms with Gasteiger partial charge in [0.2, 0.25) is 0 Å². The number of alkyl halides is 1. The van der Waals surface area contributed by atoms with Crippen LogP contribution in [-0.4, -0.2) is 11.7 Å². The molecule has 0 saturated carbocycles. The number of Topliss-reactive ketones (excluding diaryl/α,β-unsaturated/α-hetero) is 1. The number of ketones is 1. The predicted molar refractivity (Wildman–Crippen MR) is 53.6 cm³/mol. The van der Waals surface area contributed by atoms with E-state index in [1.807, 2.05) is 0 Å². The standard InChI is InChI=1S/C8H6BrClFNO/c9-5-2-6(11)4(1-7(5)12)8(13)3-10/h1-2H,3,12H2. The fraction of sp³-hybridized carbons (Fsp3) is 0.125. The molecule has 0 atom stereocenters. The Morgan fingerprint density at radius 1 is 1.62 bits per heavy atom. The molecule has 1 rings (SSSR count). The Bertz CT molecular complexity index is 356. The number of carbonyl (C=O) groups excluding carboxylic acids is 1. The average molecular weight is 266 g/mol. The number of hydrogen-bond donors (Lipinski definition) is 1. The molecule has 0 spiro atoms. The molecule has 5 heteroatoms. The van der Waals surface area contributed by atoms with E-state index in [1.165, 1.54) is 6.07 Å². The van der Waals surface area contributed by atoms with Gasteiger partial charge in [-0.2, -0.15) is 0 Å². The Kier molecular flexibility index (Phi) is 3.27. The van der Waals surface area contributed by atoms with Crippen molar-refractivity contribution in [3.63, 3.8) is 0 Å².